The Bertz CT molecular complexity index is 5370. The third-order valence-corrected chi connectivity index (χ3v) is 16.6. The van der Waals surface area contributed by atoms with E-state index in [0.717, 1.165) is 104 Å². The van der Waals surface area contributed by atoms with E-state index >= 15 is 19.2 Å². The van der Waals surface area contributed by atoms with E-state index in [1.165, 1.54) is 21.3 Å². The molecule has 0 spiro atoms. The summed E-state index contributed by atoms with van der Waals surface area (Å²) in [4.78, 5) is 61.6. The lowest BCUT2D eigenvalue weighted by atomic mass is 10.1. The monoisotopic (exact) mass is 1030 g/mol. The van der Waals surface area contributed by atoms with E-state index in [2.05, 4.69) is 109 Å². The highest BCUT2D eigenvalue weighted by molar-refractivity contribution is 6.13. The van der Waals surface area contributed by atoms with Gasteiger partial charge in [0.05, 0.1) is 94.1 Å². The van der Waals surface area contributed by atoms with Crippen LogP contribution in [0.2, 0.25) is 0 Å². The number of benzene rings is 11. The lowest BCUT2D eigenvalue weighted by Crippen LogP contribution is -2.25. The summed E-state index contributed by atoms with van der Waals surface area (Å²) in [5.74, 6) is 0. The molecule has 0 N–H and O–H groups in total. The van der Waals surface area contributed by atoms with Crippen molar-refractivity contribution in [2.45, 2.75) is 0 Å². The van der Waals surface area contributed by atoms with Crippen LogP contribution in [0.4, 0.5) is 0 Å². The van der Waals surface area contributed by atoms with Gasteiger partial charge in [-0.25, -0.2) is 9.13 Å². The smallest absolute Gasteiger partial charge is 0.266 e. The second-order valence-electron chi connectivity index (χ2n) is 20.7. The van der Waals surface area contributed by atoms with Crippen LogP contribution in [0.1, 0.15) is 0 Å². The van der Waals surface area contributed by atoms with E-state index in [4.69, 9.17) is 0 Å². The number of fused-ring (bicyclic) bond motifs is 14. The molecule has 0 aliphatic carbocycles. The highest BCUT2D eigenvalue weighted by Crippen LogP contribution is 2.39. The first-order valence-electron chi connectivity index (χ1n) is 26.6. The Morgan fingerprint density at radius 1 is 0.175 bits per heavy atom. The number of nitrogens with zero attached hydrogens (tertiary/aromatic N) is 6. The Morgan fingerprint density at radius 2 is 0.425 bits per heavy atom. The topological polar surface area (TPSA) is 97.9 Å². The molecule has 11 aromatic carbocycles. The average Bonchev–Trinajstić information content (AvgIpc) is 4.37. The maximum atomic E-state index is 15.5. The minimum atomic E-state index is -0.602. The zero-order valence-electron chi connectivity index (χ0n) is 42.4. The van der Waals surface area contributed by atoms with Gasteiger partial charge in [0, 0.05) is 48.8 Å². The second kappa shape index (κ2) is 16.2. The second-order valence-corrected chi connectivity index (χ2v) is 20.7. The van der Waals surface area contributed by atoms with Crippen molar-refractivity contribution in [2.75, 3.05) is 0 Å². The molecule has 6 aromatic heterocycles. The number of para-hydroxylation sites is 8. The summed E-state index contributed by atoms with van der Waals surface area (Å²) in [5.41, 5.74) is 8.67. The summed E-state index contributed by atoms with van der Waals surface area (Å²) in [6, 6.07) is 80.2. The molecule has 6 heterocycles. The summed E-state index contributed by atoms with van der Waals surface area (Å²) < 4.78 is 11.0. The summed E-state index contributed by atoms with van der Waals surface area (Å²) >= 11 is 0. The van der Waals surface area contributed by atoms with Crippen molar-refractivity contribution < 1.29 is 0 Å². The van der Waals surface area contributed by atoms with Gasteiger partial charge in [0.2, 0.25) is 0 Å². The van der Waals surface area contributed by atoms with Crippen LogP contribution >= 0.6 is 0 Å². The van der Waals surface area contributed by atoms with E-state index in [1.54, 1.807) is 0 Å². The van der Waals surface area contributed by atoms with Gasteiger partial charge in [-0.15, -0.1) is 0 Å². The molecule has 0 saturated carbocycles. The maximum absolute atomic E-state index is 15.5. The summed E-state index contributed by atoms with van der Waals surface area (Å²) in [5, 5.41) is 8.57. The highest BCUT2D eigenvalue weighted by Gasteiger charge is 2.26. The number of hydrogen-bond acceptors (Lipinski definition) is 4. The standard InChI is InChI=1S/C70H40N6O4/c77-67-53-39-55-56(70(80)76(69(55)79)66-38-41(71-57-25-9-1-17-45(57)46-18-2-10-26-58(46)71)33-34-65(66)75-63-31-15-7-23-51(63)52-24-8-16-32-64(52)75)40-54(53)68(78)74(67)44-36-42(72-59-27-11-3-19-47(59)48-20-4-12-28-60(48)72)35-43(37-44)73-61-29-13-5-21-49(61)50-22-6-14-30-62(50)73/h1-40H. The van der Waals surface area contributed by atoms with Gasteiger partial charge in [-0.2, -0.15) is 0 Å². The predicted octanol–water partition coefficient (Wildman–Crippen LogP) is 14.3. The van der Waals surface area contributed by atoms with Crippen molar-refractivity contribution in [3.8, 4) is 34.1 Å². The molecule has 0 unspecified atom stereocenters. The zero-order valence-corrected chi connectivity index (χ0v) is 42.4. The molecule has 0 atom stereocenters. The largest absolute Gasteiger partial charge is 0.309 e. The van der Waals surface area contributed by atoms with E-state index < -0.39 is 22.2 Å². The summed E-state index contributed by atoms with van der Waals surface area (Å²) in [6.07, 6.45) is 0. The molecule has 0 aliphatic rings. The number of hydrogen-bond donors (Lipinski definition) is 0. The maximum Gasteiger partial charge on any atom is 0.266 e. The normalized spacial score (nSPS) is 12.2. The first-order chi connectivity index (χ1) is 39.4. The minimum absolute atomic E-state index is 0.0391. The molecular weight excluding hydrogens is 989 g/mol. The lowest BCUT2D eigenvalue weighted by Gasteiger charge is -2.17. The van der Waals surface area contributed by atoms with Gasteiger partial charge >= 0.3 is 0 Å². The molecule has 17 rings (SSSR count). The van der Waals surface area contributed by atoms with Crippen molar-refractivity contribution in [3.05, 3.63) is 284 Å². The fraction of sp³-hybridized carbons (Fsp3) is 0. The molecule has 0 saturated heterocycles. The molecule has 0 amide bonds. The Hall–Kier alpha value is -11.1. The Kier molecular flexibility index (Phi) is 8.93. The molecule has 0 bridgehead atoms. The van der Waals surface area contributed by atoms with E-state index in [9.17, 15) is 0 Å². The van der Waals surface area contributed by atoms with Crippen molar-refractivity contribution >= 4 is 109 Å². The van der Waals surface area contributed by atoms with Gasteiger partial charge < -0.3 is 18.3 Å². The third kappa shape index (κ3) is 5.90. The molecule has 17 aromatic rings. The van der Waals surface area contributed by atoms with Crippen molar-refractivity contribution in [2.24, 2.45) is 0 Å². The number of aromatic nitrogens is 6. The Labute approximate surface area is 452 Å². The molecule has 0 radical (unpaired) electrons. The van der Waals surface area contributed by atoms with Crippen LogP contribution in [-0.2, 0) is 0 Å². The fourth-order valence-electron chi connectivity index (χ4n) is 13.2. The third-order valence-electron chi connectivity index (χ3n) is 16.6. The first-order valence-corrected chi connectivity index (χ1v) is 26.6. The van der Waals surface area contributed by atoms with Crippen molar-refractivity contribution in [1.29, 1.82) is 0 Å². The summed E-state index contributed by atoms with van der Waals surface area (Å²) in [7, 11) is 0. The average molecular weight is 1030 g/mol. The van der Waals surface area contributed by atoms with Crippen LogP contribution < -0.4 is 22.2 Å². The van der Waals surface area contributed by atoms with Gasteiger partial charge in [0.15, 0.2) is 0 Å². The van der Waals surface area contributed by atoms with Crippen LogP contribution in [0.25, 0.3) is 143 Å². The quantitative estimate of drug-likeness (QED) is 0.166. The fourth-order valence-corrected chi connectivity index (χ4v) is 13.2. The molecule has 0 aliphatic heterocycles. The van der Waals surface area contributed by atoms with E-state index in [1.807, 2.05) is 140 Å². The highest BCUT2D eigenvalue weighted by atomic mass is 16.2. The van der Waals surface area contributed by atoms with Gasteiger partial charge in [-0.1, -0.05) is 146 Å². The molecule has 10 nitrogen and oxygen atoms in total. The van der Waals surface area contributed by atoms with Gasteiger partial charge in [0.25, 0.3) is 22.2 Å². The van der Waals surface area contributed by atoms with Crippen LogP contribution in [0.3, 0.4) is 0 Å². The first kappa shape index (κ1) is 44.1. The van der Waals surface area contributed by atoms with Crippen LogP contribution in [0.5, 0.6) is 0 Å². The minimum Gasteiger partial charge on any atom is -0.309 e. The molecule has 0 fully saturated rings. The Balaban J connectivity index is 0.917. The predicted molar refractivity (Wildman–Crippen MR) is 325 cm³/mol. The number of rotatable bonds is 6. The lowest BCUT2D eigenvalue weighted by molar-refractivity contribution is 0.963. The van der Waals surface area contributed by atoms with Crippen LogP contribution in [0.15, 0.2) is 262 Å². The van der Waals surface area contributed by atoms with Crippen LogP contribution in [-0.4, -0.2) is 27.4 Å². The van der Waals surface area contributed by atoms with Crippen LogP contribution in [0, 0.1) is 0 Å². The molecule has 10 heteroatoms. The molecular formula is C70H40N6O4. The summed E-state index contributed by atoms with van der Waals surface area (Å²) in [6.45, 7) is 0. The van der Waals surface area contributed by atoms with Crippen molar-refractivity contribution in [1.82, 2.24) is 27.4 Å². The van der Waals surface area contributed by atoms with Gasteiger partial charge in [-0.3, -0.25) is 19.2 Å². The van der Waals surface area contributed by atoms with E-state index in [0.29, 0.717) is 17.1 Å². The molecule has 374 valence electrons. The Morgan fingerprint density at radius 3 is 0.738 bits per heavy atom. The molecule has 80 heavy (non-hydrogen) atoms. The van der Waals surface area contributed by atoms with E-state index in [-0.39, 0.29) is 21.5 Å². The zero-order chi connectivity index (χ0) is 53.1. The van der Waals surface area contributed by atoms with Gasteiger partial charge in [-0.05, 0) is 97.1 Å². The van der Waals surface area contributed by atoms with Gasteiger partial charge in [0.1, 0.15) is 0 Å². The SMILES string of the molecule is O=c1c2cc3c(=O)n(-c4cc(-n5c6ccccc6c6ccccc65)ccc4-n4c5ccccc5c5ccccc54)c(=O)c3cc2c(=O)n1-c1cc(-n2c3ccccc3c3ccccc32)cc(-n2c3ccccc3c3ccccc32)c1. The van der Waals surface area contributed by atoms with Crippen molar-refractivity contribution in [3.63, 3.8) is 0 Å².